The predicted molar refractivity (Wildman–Crippen MR) is 79.6 cm³/mol. The second-order valence-electron chi connectivity index (χ2n) is 5.42. The Morgan fingerprint density at radius 1 is 1.25 bits per heavy atom. The molecule has 3 rings (SSSR count). The molecular weight excluding hydrogens is 252 g/mol. The molecular formula is C15H22N4O. The van der Waals surface area contributed by atoms with Gasteiger partial charge in [0, 0.05) is 32.7 Å². The third-order valence-electron chi connectivity index (χ3n) is 4.17. The summed E-state index contributed by atoms with van der Waals surface area (Å²) in [6.45, 7) is 7.33. The lowest BCUT2D eigenvalue weighted by molar-refractivity contribution is 0.0865. The Balaban J connectivity index is 1.68. The Kier molecular flexibility index (Phi) is 4.00. The number of nitrogens with one attached hydrogen (secondary N) is 1. The van der Waals surface area contributed by atoms with E-state index < -0.39 is 0 Å². The van der Waals surface area contributed by atoms with Crippen LogP contribution in [0.25, 0.3) is 11.0 Å². The molecule has 0 aliphatic carbocycles. The highest BCUT2D eigenvalue weighted by Gasteiger charge is 2.23. The van der Waals surface area contributed by atoms with E-state index in [9.17, 15) is 0 Å². The molecule has 0 saturated carbocycles. The molecule has 1 fully saturated rings. The van der Waals surface area contributed by atoms with Crippen LogP contribution < -0.4 is 0 Å². The molecule has 1 aliphatic rings. The van der Waals surface area contributed by atoms with Crippen LogP contribution in [-0.2, 0) is 0 Å². The number of H-pyrrole nitrogens is 1. The van der Waals surface area contributed by atoms with E-state index in [2.05, 4.69) is 27.8 Å². The molecule has 0 radical (unpaired) electrons. The first-order valence-corrected chi connectivity index (χ1v) is 7.30. The maximum absolute atomic E-state index is 8.98. The molecule has 2 N–H and O–H groups in total. The van der Waals surface area contributed by atoms with Crippen molar-refractivity contribution < 1.29 is 5.11 Å². The molecule has 1 aromatic carbocycles. The third-order valence-corrected chi connectivity index (χ3v) is 4.17. The van der Waals surface area contributed by atoms with Gasteiger partial charge in [-0.15, -0.1) is 0 Å². The van der Waals surface area contributed by atoms with E-state index in [4.69, 9.17) is 10.1 Å². The molecule has 5 heteroatoms. The molecule has 2 heterocycles. The summed E-state index contributed by atoms with van der Waals surface area (Å²) in [7, 11) is 0. The van der Waals surface area contributed by atoms with Crippen LogP contribution in [0.15, 0.2) is 24.3 Å². The second kappa shape index (κ2) is 5.91. The van der Waals surface area contributed by atoms with Crippen molar-refractivity contribution >= 4 is 11.0 Å². The van der Waals surface area contributed by atoms with Gasteiger partial charge in [-0.2, -0.15) is 0 Å². The SMILES string of the molecule is CC(c1nc2ccccc2[nH]1)N1CCN(CCO)CC1. The lowest BCUT2D eigenvalue weighted by Crippen LogP contribution is -2.47. The van der Waals surface area contributed by atoms with Gasteiger partial charge in [-0.3, -0.25) is 9.80 Å². The van der Waals surface area contributed by atoms with Gasteiger partial charge in [-0.1, -0.05) is 12.1 Å². The number of aromatic nitrogens is 2. The molecule has 0 bridgehead atoms. The molecule has 1 atom stereocenters. The van der Waals surface area contributed by atoms with Crippen molar-refractivity contribution in [1.82, 2.24) is 19.8 Å². The fourth-order valence-corrected chi connectivity index (χ4v) is 2.86. The van der Waals surface area contributed by atoms with Crippen molar-refractivity contribution in [3.63, 3.8) is 0 Å². The minimum Gasteiger partial charge on any atom is -0.395 e. The predicted octanol–water partition coefficient (Wildman–Crippen LogP) is 1.23. The minimum absolute atomic E-state index is 0.249. The van der Waals surface area contributed by atoms with Crippen LogP contribution in [-0.4, -0.2) is 64.2 Å². The molecule has 108 valence electrons. The fraction of sp³-hybridized carbons (Fsp3) is 0.533. The zero-order valence-corrected chi connectivity index (χ0v) is 11.9. The summed E-state index contributed by atoms with van der Waals surface area (Å²) in [4.78, 5) is 12.9. The topological polar surface area (TPSA) is 55.4 Å². The van der Waals surface area contributed by atoms with Gasteiger partial charge in [0.15, 0.2) is 0 Å². The van der Waals surface area contributed by atoms with Crippen LogP contribution in [0.4, 0.5) is 0 Å². The Morgan fingerprint density at radius 3 is 2.70 bits per heavy atom. The summed E-state index contributed by atoms with van der Waals surface area (Å²) >= 11 is 0. The molecule has 1 unspecified atom stereocenters. The number of rotatable bonds is 4. The average molecular weight is 274 g/mol. The Bertz CT molecular complexity index is 527. The van der Waals surface area contributed by atoms with Crippen LogP contribution in [0.5, 0.6) is 0 Å². The normalized spacial score (nSPS) is 19.5. The summed E-state index contributed by atoms with van der Waals surface area (Å²) in [5.41, 5.74) is 2.14. The number of hydrogen-bond donors (Lipinski definition) is 2. The van der Waals surface area contributed by atoms with Crippen molar-refractivity contribution in [2.24, 2.45) is 0 Å². The van der Waals surface area contributed by atoms with Crippen LogP contribution in [0.2, 0.25) is 0 Å². The number of benzene rings is 1. The first-order chi connectivity index (χ1) is 9.78. The maximum atomic E-state index is 8.98. The number of para-hydroxylation sites is 2. The molecule has 1 saturated heterocycles. The largest absolute Gasteiger partial charge is 0.395 e. The number of fused-ring (bicyclic) bond motifs is 1. The van der Waals surface area contributed by atoms with E-state index in [1.807, 2.05) is 18.2 Å². The van der Waals surface area contributed by atoms with Gasteiger partial charge in [-0.25, -0.2) is 4.98 Å². The van der Waals surface area contributed by atoms with Gasteiger partial charge in [0.25, 0.3) is 0 Å². The monoisotopic (exact) mass is 274 g/mol. The van der Waals surface area contributed by atoms with Gasteiger partial charge in [0.1, 0.15) is 5.82 Å². The third kappa shape index (κ3) is 2.70. The lowest BCUT2D eigenvalue weighted by atomic mass is 10.2. The number of imidazole rings is 1. The minimum atomic E-state index is 0.249. The molecule has 20 heavy (non-hydrogen) atoms. The summed E-state index contributed by atoms with van der Waals surface area (Å²) in [6, 6.07) is 8.46. The summed E-state index contributed by atoms with van der Waals surface area (Å²) in [6.07, 6.45) is 0. The number of piperazine rings is 1. The molecule has 1 aromatic heterocycles. The summed E-state index contributed by atoms with van der Waals surface area (Å²) in [5.74, 6) is 1.04. The highest BCUT2D eigenvalue weighted by Crippen LogP contribution is 2.21. The van der Waals surface area contributed by atoms with Gasteiger partial charge in [0.2, 0.25) is 0 Å². The first kappa shape index (κ1) is 13.5. The van der Waals surface area contributed by atoms with Gasteiger partial charge < -0.3 is 10.1 Å². The van der Waals surface area contributed by atoms with E-state index in [-0.39, 0.29) is 6.61 Å². The van der Waals surface area contributed by atoms with Gasteiger partial charge in [-0.05, 0) is 19.1 Å². The summed E-state index contributed by atoms with van der Waals surface area (Å²) < 4.78 is 0. The number of hydrogen-bond acceptors (Lipinski definition) is 4. The smallest absolute Gasteiger partial charge is 0.124 e. The van der Waals surface area contributed by atoms with E-state index >= 15 is 0 Å². The summed E-state index contributed by atoms with van der Waals surface area (Å²) in [5, 5.41) is 8.98. The van der Waals surface area contributed by atoms with E-state index in [0.717, 1.165) is 49.6 Å². The number of aliphatic hydroxyl groups is 1. The van der Waals surface area contributed by atoms with Crippen molar-refractivity contribution in [2.45, 2.75) is 13.0 Å². The van der Waals surface area contributed by atoms with E-state index in [1.54, 1.807) is 0 Å². The lowest BCUT2D eigenvalue weighted by Gasteiger charge is -2.37. The molecule has 0 amide bonds. The number of nitrogens with zero attached hydrogens (tertiary/aromatic N) is 3. The van der Waals surface area contributed by atoms with E-state index in [0.29, 0.717) is 6.04 Å². The van der Waals surface area contributed by atoms with Crippen LogP contribution >= 0.6 is 0 Å². The first-order valence-electron chi connectivity index (χ1n) is 7.30. The fourth-order valence-electron chi connectivity index (χ4n) is 2.86. The van der Waals surface area contributed by atoms with Crippen molar-refractivity contribution in [2.75, 3.05) is 39.3 Å². The van der Waals surface area contributed by atoms with E-state index in [1.165, 1.54) is 0 Å². The standard InChI is InChI=1S/C15H22N4O/c1-12(19-8-6-18(7-9-19)10-11-20)15-16-13-4-2-3-5-14(13)17-15/h2-5,12,20H,6-11H2,1H3,(H,16,17). The molecule has 1 aliphatic heterocycles. The highest BCUT2D eigenvalue weighted by atomic mass is 16.3. The Labute approximate surface area is 119 Å². The van der Waals surface area contributed by atoms with Crippen LogP contribution in [0, 0.1) is 0 Å². The maximum Gasteiger partial charge on any atom is 0.124 e. The van der Waals surface area contributed by atoms with Crippen molar-refractivity contribution in [3.8, 4) is 0 Å². The van der Waals surface area contributed by atoms with Gasteiger partial charge in [0.05, 0.1) is 23.7 Å². The average Bonchev–Trinajstić information content (AvgIpc) is 2.91. The quantitative estimate of drug-likeness (QED) is 0.880. The van der Waals surface area contributed by atoms with Crippen LogP contribution in [0.1, 0.15) is 18.8 Å². The van der Waals surface area contributed by atoms with Crippen molar-refractivity contribution in [1.29, 1.82) is 0 Å². The zero-order chi connectivity index (χ0) is 13.9. The second-order valence-corrected chi connectivity index (χ2v) is 5.42. The molecule has 2 aromatic rings. The highest BCUT2D eigenvalue weighted by molar-refractivity contribution is 5.74. The number of aliphatic hydroxyl groups excluding tert-OH is 1. The number of β-amino-alcohol motifs (C(OH)–C–C–N with tert-alkyl or cyclic N) is 1. The Morgan fingerprint density at radius 2 is 2.00 bits per heavy atom. The van der Waals surface area contributed by atoms with Gasteiger partial charge >= 0.3 is 0 Å². The van der Waals surface area contributed by atoms with Crippen LogP contribution in [0.3, 0.4) is 0 Å². The molecule has 0 spiro atoms. The molecule has 5 nitrogen and oxygen atoms in total. The van der Waals surface area contributed by atoms with Crippen molar-refractivity contribution in [3.05, 3.63) is 30.1 Å². The Hall–Kier alpha value is -1.43. The zero-order valence-electron chi connectivity index (χ0n) is 11.9. The number of aromatic amines is 1.